The van der Waals surface area contributed by atoms with Gasteiger partial charge in [-0.2, -0.15) is 0 Å². The van der Waals surface area contributed by atoms with Crippen LogP contribution in [0.4, 0.5) is 4.79 Å². The van der Waals surface area contributed by atoms with Crippen LogP contribution in [-0.2, 0) is 9.59 Å². The van der Waals surface area contributed by atoms with E-state index in [2.05, 4.69) is 5.92 Å². The van der Waals surface area contributed by atoms with Gasteiger partial charge in [-0.1, -0.05) is 84.0 Å². The van der Waals surface area contributed by atoms with Gasteiger partial charge in [0.1, 0.15) is 5.41 Å². The molecule has 5 nitrogen and oxygen atoms in total. The summed E-state index contributed by atoms with van der Waals surface area (Å²) in [7, 11) is 0. The van der Waals surface area contributed by atoms with Crippen LogP contribution >= 0.6 is 0 Å². The number of terminal acetylenes is 1. The zero-order valence-electron chi connectivity index (χ0n) is 20.0. The van der Waals surface area contributed by atoms with Gasteiger partial charge >= 0.3 is 6.03 Å². The normalized spacial score (nSPS) is 16.6. The Morgan fingerprint density at radius 2 is 1.24 bits per heavy atom. The molecule has 5 heteroatoms. The maximum Gasteiger partial charge on any atom is 0.334 e. The lowest BCUT2D eigenvalue weighted by Gasteiger charge is -2.42. The van der Waals surface area contributed by atoms with Crippen LogP contribution in [-0.4, -0.2) is 40.7 Å². The summed E-state index contributed by atoms with van der Waals surface area (Å²) < 4.78 is 0. The molecule has 0 unspecified atom stereocenters. The average Bonchev–Trinajstić information content (AvgIpc) is 2.83. The third-order valence-electron chi connectivity index (χ3n) is 5.91. The van der Waals surface area contributed by atoms with Gasteiger partial charge in [-0.15, -0.1) is 12.3 Å². The van der Waals surface area contributed by atoms with Crippen LogP contribution in [0, 0.1) is 17.8 Å². The van der Waals surface area contributed by atoms with Crippen molar-refractivity contribution in [2.75, 3.05) is 13.1 Å². The highest BCUT2D eigenvalue weighted by Gasteiger charge is 2.53. The summed E-state index contributed by atoms with van der Waals surface area (Å²) in [4.78, 5) is 42.6. The molecule has 2 aromatic rings. The Bertz CT molecular complexity index is 1080. The summed E-state index contributed by atoms with van der Waals surface area (Å²) >= 11 is 0. The van der Waals surface area contributed by atoms with Crippen LogP contribution in [0.1, 0.15) is 44.7 Å². The van der Waals surface area contributed by atoms with Crippen molar-refractivity contribution in [2.45, 2.75) is 33.6 Å². The molecule has 4 amide bonds. The van der Waals surface area contributed by atoms with Gasteiger partial charge in [-0.05, 0) is 38.3 Å². The number of amides is 4. The van der Waals surface area contributed by atoms with Gasteiger partial charge < -0.3 is 0 Å². The Kier molecular flexibility index (Phi) is 7.86. The molecule has 0 aliphatic carbocycles. The van der Waals surface area contributed by atoms with Crippen molar-refractivity contribution in [3.8, 4) is 12.3 Å². The first kappa shape index (κ1) is 24.7. The molecule has 0 bridgehead atoms. The number of imide groups is 2. The Morgan fingerprint density at radius 3 is 1.62 bits per heavy atom. The van der Waals surface area contributed by atoms with Crippen molar-refractivity contribution >= 4 is 30.0 Å². The quantitative estimate of drug-likeness (QED) is 0.396. The van der Waals surface area contributed by atoms with E-state index in [9.17, 15) is 14.4 Å². The van der Waals surface area contributed by atoms with Gasteiger partial charge in [-0.25, -0.2) is 4.79 Å². The minimum atomic E-state index is -1.39. The molecule has 0 N–H and O–H groups in total. The zero-order chi connectivity index (χ0) is 24.7. The summed E-state index contributed by atoms with van der Waals surface area (Å²) in [5.41, 5.74) is 2.22. The van der Waals surface area contributed by atoms with E-state index >= 15 is 0 Å². The Hall–Kier alpha value is -3.91. The number of benzene rings is 2. The maximum absolute atomic E-state index is 13.4. The number of hydrogen-bond donors (Lipinski definition) is 0. The van der Waals surface area contributed by atoms with Crippen molar-refractivity contribution in [1.29, 1.82) is 0 Å². The van der Waals surface area contributed by atoms with Crippen molar-refractivity contribution in [2.24, 2.45) is 5.41 Å². The maximum atomic E-state index is 13.4. The molecule has 0 radical (unpaired) electrons. The SMILES string of the molecule is C#CCCC1(C)C(=O)N(C/C(C)=C/c2ccccc2)C(=O)N(C/C(C)=C/c2ccccc2)C1=O. The van der Waals surface area contributed by atoms with Crippen LogP contribution in [0.25, 0.3) is 12.2 Å². The van der Waals surface area contributed by atoms with Crippen molar-refractivity contribution in [3.05, 3.63) is 82.9 Å². The Morgan fingerprint density at radius 1 is 0.824 bits per heavy atom. The molecule has 3 rings (SSSR count). The fourth-order valence-corrected chi connectivity index (χ4v) is 4.08. The Labute approximate surface area is 201 Å². The molecule has 0 spiro atoms. The average molecular weight is 455 g/mol. The number of carbonyl (C=O) groups is 3. The lowest BCUT2D eigenvalue weighted by Crippen LogP contribution is -2.64. The minimum absolute atomic E-state index is 0.101. The fourth-order valence-electron chi connectivity index (χ4n) is 4.08. The Balaban J connectivity index is 1.92. The topological polar surface area (TPSA) is 57.7 Å². The molecule has 1 fully saturated rings. The van der Waals surface area contributed by atoms with Gasteiger partial charge in [0.05, 0.1) is 13.1 Å². The minimum Gasteiger partial charge on any atom is -0.273 e. The first-order valence-corrected chi connectivity index (χ1v) is 11.3. The van der Waals surface area contributed by atoms with E-state index in [1.165, 1.54) is 9.80 Å². The zero-order valence-corrected chi connectivity index (χ0v) is 20.0. The summed E-state index contributed by atoms with van der Waals surface area (Å²) in [5.74, 6) is 1.52. The molecule has 1 heterocycles. The van der Waals surface area contributed by atoms with Crippen molar-refractivity contribution < 1.29 is 14.4 Å². The van der Waals surface area contributed by atoms with Gasteiger partial charge in [0.2, 0.25) is 11.8 Å². The van der Waals surface area contributed by atoms with E-state index < -0.39 is 23.3 Å². The van der Waals surface area contributed by atoms with E-state index in [1.54, 1.807) is 6.92 Å². The number of rotatable bonds is 8. The van der Waals surface area contributed by atoms with E-state index in [0.717, 1.165) is 22.3 Å². The van der Waals surface area contributed by atoms with Crippen LogP contribution in [0.15, 0.2) is 71.8 Å². The highest BCUT2D eigenvalue weighted by Crippen LogP contribution is 2.34. The van der Waals surface area contributed by atoms with Crippen molar-refractivity contribution in [3.63, 3.8) is 0 Å². The second kappa shape index (κ2) is 10.8. The summed E-state index contributed by atoms with van der Waals surface area (Å²) in [5, 5.41) is 0. The molecule has 34 heavy (non-hydrogen) atoms. The van der Waals surface area contributed by atoms with E-state index in [0.29, 0.717) is 0 Å². The molecule has 174 valence electrons. The van der Waals surface area contributed by atoms with Gasteiger partial charge in [0.15, 0.2) is 0 Å². The monoisotopic (exact) mass is 454 g/mol. The second-order valence-electron chi connectivity index (χ2n) is 8.90. The number of nitrogens with zero attached hydrogens (tertiary/aromatic N) is 2. The molecular formula is C29H30N2O3. The second-order valence-corrected chi connectivity index (χ2v) is 8.90. The number of carbonyl (C=O) groups excluding carboxylic acids is 3. The third kappa shape index (κ3) is 5.52. The molecule has 0 saturated carbocycles. The first-order valence-electron chi connectivity index (χ1n) is 11.3. The molecular weight excluding hydrogens is 424 g/mol. The van der Waals surface area contributed by atoms with Crippen LogP contribution in [0.2, 0.25) is 0 Å². The predicted octanol–water partition coefficient (Wildman–Crippen LogP) is 5.40. The van der Waals surface area contributed by atoms with Gasteiger partial charge in [-0.3, -0.25) is 19.4 Å². The highest BCUT2D eigenvalue weighted by molar-refractivity contribution is 6.19. The molecule has 0 atom stereocenters. The molecule has 1 aliphatic rings. The lowest BCUT2D eigenvalue weighted by molar-refractivity contribution is -0.157. The predicted molar refractivity (Wildman–Crippen MR) is 135 cm³/mol. The molecule has 1 aliphatic heterocycles. The number of hydrogen-bond acceptors (Lipinski definition) is 3. The summed E-state index contributed by atoms with van der Waals surface area (Å²) in [6, 6.07) is 18.8. The van der Waals surface area contributed by atoms with Crippen molar-refractivity contribution in [1.82, 2.24) is 9.80 Å². The van der Waals surface area contributed by atoms with E-state index in [1.807, 2.05) is 86.7 Å². The number of urea groups is 1. The fraction of sp³-hybridized carbons (Fsp3) is 0.276. The lowest BCUT2D eigenvalue weighted by atomic mass is 9.80. The molecule has 2 aromatic carbocycles. The molecule has 1 saturated heterocycles. The van der Waals surface area contributed by atoms with Crippen LogP contribution in [0.5, 0.6) is 0 Å². The van der Waals surface area contributed by atoms with E-state index in [4.69, 9.17) is 6.42 Å². The summed E-state index contributed by atoms with van der Waals surface area (Å²) in [6.45, 7) is 5.53. The van der Waals surface area contributed by atoms with E-state index in [-0.39, 0.29) is 25.9 Å². The first-order chi connectivity index (χ1) is 16.3. The third-order valence-corrected chi connectivity index (χ3v) is 5.91. The summed E-state index contributed by atoms with van der Waals surface area (Å²) in [6.07, 6.45) is 9.75. The van der Waals surface area contributed by atoms with Gasteiger partial charge in [0.25, 0.3) is 0 Å². The standard InChI is InChI=1S/C29H30N2O3/c1-5-6-17-29(4)26(32)30(20-22(2)18-24-13-9-7-10-14-24)28(34)31(27(29)33)21-23(3)19-25-15-11-8-12-16-25/h1,7-16,18-19H,6,17,20-21H2,2-4H3/b22-18+,23-19+. The highest BCUT2D eigenvalue weighted by atomic mass is 16.2. The van der Waals surface area contributed by atoms with Gasteiger partial charge in [0, 0.05) is 6.42 Å². The van der Waals surface area contributed by atoms with Crippen LogP contribution < -0.4 is 0 Å². The number of barbiturate groups is 1. The smallest absolute Gasteiger partial charge is 0.273 e. The molecule has 0 aromatic heterocycles. The van der Waals surface area contributed by atoms with Crippen LogP contribution in [0.3, 0.4) is 0 Å². The largest absolute Gasteiger partial charge is 0.334 e.